The number of amides is 1. The molecule has 0 aliphatic rings. The number of aryl methyl sites for hydroxylation is 2. The number of ketones is 1. The lowest BCUT2D eigenvalue weighted by Gasteiger charge is -2.11. The molecule has 6 nitrogen and oxygen atoms in total. The fourth-order valence-electron chi connectivity index (χ4n) is 1.52. The maximum absolute atomic E-state index is 11.5. The molecule has 0 saturated heterocycles. The molecule has 0 aliphatic carbocycles. The van der Waals surface area contributed by atoms with Crippen LogP contribution in [0.3, 0.4) is 0 Å². The molecule has 0 aliphatic heterocycles. The molecular weight excluding hydrogens is 270 g/mol. The molecule has 0 saturated carbocycles. The molecule has 1 aromatic rings. The number of hydrogen-bond donors (Lipinski definition) is 2. The summed E-state index contributed by atoms with van der Waals surface area (Å²) < 4.78 is 31.7. The molecule has 0 heterocycles. The van der Waals surface area contributed by atoms with Crippen LogP contribution >= 0.6 is 0 Å². The van der Waals surface area contributed by atoms with E-state index in [4.69, 9.17) is 4.55 Å². The van der Waals surface area contributed by atoms with Crippen molar-refractivity contribution in [2.24, 2.45) is 0 Å². The lowest BCUT2D eigenvalue weighted by atomic mass is 10.1. The molecule has 0 bridgehead atoms. The third-order valence-corrected chi connectivity index (χ3v) is 3.45. The summed E-state index contributed by atoms with van der Waals surface area (Å²) in [6.07, 6.45) is -0.349. The molecule has 104 valence electrons. The van der Waals surface area contributed by atoms with Gasteiger partial charge in [0.25, 0.3) is 10.1 Å². The van der Waals surface area contributed by atoms with Gasteiger partial charge < -0.3 is 5.32 Å². The second-order valence-corrected chi connectivity index (χ2v) is 5.72. The van der Waals surface area contributed by atoms with Gasteiger partial charge in [-0.1, -0.05) is 0 Å². The second kappa shape index (κ2) is 5.50. The van der Waals surface area contributed by atoms with E-state index in [-0.39, 0.29) is 22.8 Å². The average molecular weight is 285 g/mol. The average Bonchev–Trinajstić information content (AvgIpc) is 2.20. The molecule has 0 unspecified atom stereocenters. The Morgan fingerprint density at radius 2 is 1.74 bits per heavy atom. The Bertz CT molecular complexity index is 634. The van der Waals surface area contributed by atoms with Crippen LogP contribution in [0.1, 0.15) is 24.5 Å². The standard InChI is InChI=1S/C12H15NO5S/c1-7-4-10(13-12(15)6-9(3)14)11(5-8(7)2)19(16,17)18/h4-5H,6H2,1-3H3,(H,13,15)(H,16,17,18). The number of rotatable bonds is 4. The van der Waals surface area contributed by atoms with Gasteiger partial charge in [-0.05, 0) is 44.0 Å². The summed E-state index contributed by atoms with van der Waals surface area (Å²) in [6.45, 7) is 4.68. The topological polar surface area (TPSA) is 101 Å². The zero-order chi connectivity index (χ0) is 14.8. The highest BCUT2D eigenvalue weighted by Gasteiger charge is 2.19. The molecule has 2 N–H and O–H groups in total. The van der Waals surface area contributed by atoms with E-state index >= 15 is 0 Å². The fraction of sp³-hybridized carbons (Fsp3) is 0.333. The summed E-state index contributed by atoms with van der Waals surface area (Å²) in [7, 11) is -4.45. The molecule has 1 aromatic carbocycles. The number of anilines is 1. The zero-order valence-corrected chi connectivity index (χ0v) is 11.7. The van der Waals surface area contributed by atoms with Crippen LogP contribution in [-0.2, 0) is 19.7 Å². The Morgan fingerprint density at radius 1 is 1.21 bits per heavy atom. The molecule has 19 heavy (non-hydrogen) atoms. The lowest BCUT2D eigenvalue weighted by molar-refractivity contribution is -0.124. The van der Waals surface area contributed by atoms with Crippen LogP contribution < -0.4 is 5.32 Å². The van der Waals surface area contributed by atoms with Crippen molar-refractivity contribution in [1.29, 1.82) is 0 Å². The Kier molecular flexibility index (Phi) is 4.43. The van der Waals surface area contributed by atoms with Gasteiger partial charge in [-0.25, -0.2) is 0 Å². The Balaban J connectivity index is 3.23. The number of nitrogens with one attached hydrogen (secondary N) is 1. The van der Waals surface area contributed by atoms with Crippen LogP contribution in [0.25, 0.3) is 0 Å². The predicted molar refractivity (Wildman–Crippen MR) is 69.7 cm³/mol. The van der Waals surface area contributed by atoms with E-state index in [1.807, 2.05) is 0 Å². The van der Waals surface area contributed by atoms with Crippen molar-refractivity contribution in [2.75, 3.05) is 5.32 Å². The number of Topliss-reactive ketones (excluding diaryl/α,β-unsaturated/α-hetero) is 1. The smallest absolute Gasteiger partial charge is 0.296 e. The van der Waals surface area contributed by atoms with E-state index < -0.39 is 16.0 Å². The van der Waals surface area contributed by atoms with E-state index in [1.54, 1.807) is 13.8 Å². The number of carbonyl (C=O) groups excluding carboxylic acids is 2. The molecule has 7 heteroatoms. The van der Waals surface area contributed by atoms with Crippen molar-refractivity contribution in [2.45, 2.75) is 32.1 Å². The molecule has 1 rings (SSSR count). The summed E-state index contributed by atoms with van der Waals surface area (Å²) >= 11 is 0. The minimum absolute atomic E-state index is 0.0307. The van der Waals surface area contributed by atoms with Crippen molar-refractivity contribution >= 4 is 27.5 Å². The van der Waals surface area contributed by atoms with Gasteiger partial charge in [-0.15, -0.1) is 0 Å². The SMILES string of the molecule is CC(=O)CC(=O)Nc1cc(C)c(C)cc1S(=O)(=O)O. The summed E-state index contributed by atoms with van der Waals surface area (Å²) in [5, 5.41) is 2.32. The van der Waals surface area contributed by atoms with Gasteiger partial charge in [0.15, 0.2) is 0 Å². The van der Waals surface area contributed by atoms with Crippen LogP contribution in [0, 0.1) is 13.8 Å². The van der Waals surface area contributed by atoms with E-state index in [0.717, 1.165) is 5.56 Å². The Hall–Kier alpha value is -1.73. The first-order valence-corrected chi connectivity index (χ1v) is 6.93. The van der Waals surface area contributed by atoms with Gasteiger partial charge >= 0.3 is 0 Å². The third kappa shape index (κ3) is 4.15. The third-order valence-electron chi connectivity index (χ3n) is 2.56. The van der Waals surface area contributed by atoms with E-state index in [1.165, 1.54) is 19.1 Å². The second-order valence-electron chi connectivity index (χ2n) is 4.33. The van der Waals surface area contributed by atoms with Crippen LogP contribution in [-0.4, -0.2) is 24.7 Å². The van der Waals surface area contributed by atoms with E-state index in [0.29, 0.717) is 5.56 Å². The molecule has 0 radical (unpaired) electrons. The van der Waals surface area contributed by atoms with Gasteiger partial charge in [0, 0.05) is 0 Å². The largest absolute Gasteiger partial charge is 0.324 e. The molecular formula is C12H15NO5S. The Morgan fingerprint density at radius 3 is 2.21 bits per heavy atom. The van der Waals surface area contributed by atoms with Gasteiger partial charge in [0.2, 0.25) is 5.91 Å². The minimum atomic E-state index is -4.45. The molecule has 0 fully saturated rings. The maximum Gasteiger partial charge on any atom is 0.296 e. The molecule has 0 spiro atoms. The first kappa shape index (κ1) is 15.3. The van der Waals surface area contributed by atoms with Crippen molar-refractivity contribution in [1.82, 2.24) is 0 Å². The number of carbonyl (C=O) groups is 2. The van der Waals surface area contributed by atoms with E-state index in [2.05, 4.69) is 5.32 Å². The first-order valence-electron chi connectivity index (χ1n) is 5.49. The van der Waals surface area contributed by atoms with Crippen molar-refractivity contribution in [3.05, 3.63) is 23.3 Å². The van der Waals surface area contributed by atoms with Crippen molar-refractivity contribution in [3.8, 4) is 0 Å². The van der Waals surface area contributed by atoms with Crippen LogP contribution in [0.5, 0.6) is 0 Å². The maximum atomic E-state index is 11.5. The monoisotopic (exact) mass is 285 g/mol. The first-order chi connectivity index (χ1) is 8.61. The van der Waals surface area contributed by atoms with Crippen LogP contribution in [0.15, 0.2) is 17.0 Å². The van der Waals surface area contributed by atoms with Crippen molar-refractivity contribution in [3.63, 3.8) is 0 Å². The van der Waals surface area contributed by atoms with Crippen LogP contribution in [0.4, 0.5) is 5.69 Å². The predicted octanol–water partition coefficient (Wildman–Crippen LogP) is 1.47. The molecule has 0 aromatic heterocycles. The van der Waals surface area contributed by atoms with E-state index in [9.17, 15) is 18.0 Å². The zero-order valence-electron chi connectivity index (χ0n) is 10.9. The fourth-order valence-corrected chi connectivity index (χ4v) is 2.23. The Labute approximate surface area is 111 Å². The number of benzene rings is 1. The summed E-state index contributed by atoms with van der Waals surface area (Å²) in [4.78, 5) is 21.9. The van der Waals surface area contributed by atoms with Gasteiger partial charge in [0.05, 0.1) is 12.1 Å². The summed E-state index contributed by atoms with van der Waals surface area (Å²) in [5.74, 6) is -0.963. The minimum Gasteiger partial charge on any atom is -0.324 e. The summed E-state index contributed by atoms with van der Waals surface area (Å²) in [6, 6.07) is 2.71. The highest BCUT2D eigenvalue weighted by molar-refractivity contribution is 7.86. The molecule has 1 amide bonds. The molecule has 0 atom stereocenters. The summed E-state index contributed by atoms with van der Waals surface area (Å²) in [5.41, 5.74) is 1.39. The number of hydrogen-bond acceptors (Lipinski definition) is 4. The van der Waals surface area contributed by atoms with Crippen molar-refractivity contribution < 1.29 is 22.6 Å². The quantitative estimate of drug-likeness (QED) is 0.644. The van der Waals surface area contributed by atoms with Gasteiger partial charge in [-0.2, -0.15) is 8.42 Å². The van der Waals surface area contributed by atoms with Gasteiger partial charge in [0.1, 0.15) is 10.7 Å². The highest BCUT2D eigenvalue weighted by Crippen LogP contribution is 2.25. The highest BCUT2D eigenvalue weighted by atomic mass is 32.2. The lowest BCUT2D eigenvalue weighted by Crippen LogP contribution is -2.17. The van der Waals surface area contributed by atoms with Crippen LogP contribution in [0.2, 0.25) is 0 Å². The van der Waals surface area contributed by atoms with Gasteiger partial charge in [-0.3, -0.25) is 14.1 Å². The normalized spacial score (nSPS) is 11.2.